The summed E-state index contributed by atoms with van der Waals surface area (Å²) >= 11 is 3.36. The van der Waals surface area contributed by atoms with Crippen molar-refractivity contribution in [3.63, 3.8) is 0 Å². The summed E-state index contributed by atoms with van der Waals surface area (Å²) in [6, 6.07) is 5.60. The van der Waals surface area contributed by atoms with Crippen LogP contribution in [0.15, 0.2) is 33.8 Å². The third-order valence-corrected chi connectivity index (χ3v) is 4.52. The molecule has 1 aliphatic heterocycles. The van der Waals surface area contributed by atoms with Crippen LogP contribution in [0.1, 0.15) is 19.3 Å². The molecule has 3 rings (SSSR count). The van der Waals surface area contributed by atoms with Crippen LogP contribution < -0.4 is 16.2 Å². The van der Waals surface area contributed by atoms with Crippen molar-refractivity contribution in [2.24, 2.45) is 0 Å². The third-order valence-electron chi connectivity index (χ3n) is 4.03. The van der Waals surface area contributed by atoms with Crippen LogP contribution in [0.4, 0.5) is 0 Å². The van der Waals surface area contributed by atoms with Gasteiger partial charge in [-0.3, -0.25) is 14.2 Å². The van der Waals surface area contributed by atoms with Crippen LogP contribution in [0.25, 0.3) is 10.9 Å². The molecule has 122 valence electrons. The van der Waals surface area contributed by atoms with Crippen molar-refractivity contribution in [2.75, 3.05) is 13.1 Å². The second-order valence-electron chi connectivity index (χ2n) is 5.77. The van der Waals surface area contributed by atoms with E-state index < -0.39 is 0 Å². The largest absolute Gasteiger partial charge is 0.352 e. The van der Waals surface area contributed by atoms with Crippen LogP contribution in [-0.4, -0.2) is 34.6 Å². The fourth-order valence-corrected chi connectivity index (χ4v) is 3.15. The molecule has 0 aliphatic carbocycles. The number of amides is 1. The van der Waals surface area contributed by atoms with E-state index in [0.29, 0.717) is 17.4 Å². The summed E-state index contributed by atoms with van der Waals surface area (Å²) in [6.07, 6.45) is 3.86. The van der Waals surface area contributed by atoms with E-state index in [1.165, 1.54) is 10.9 Å². The zero-order chi connectivity index (χ0) is 16.2. The van der Waals surface area contributed by atoms with Gasteiger partial charge in [-0.1, -0.05) is 15.9 Å². The molecule has 23 heavy (non-hydrogen) atoms. The van der Waals surface area contributed by atoms with Gasteiger partial charge in [0, 0.05) is 30.0 Å². The number of hydrogen-bond acceptors (Lipinski definition) is 4. The van der Waals surface area contributed by atoms with Crippen molar-refractivity contribution >= 4 is 32.7 Å². The van der Waals surface area contributed by atoms with Crippen molar-refractivity contribution < 1.29 is 4.79 Å². The lowest BCUT2D eigenvalue weighted by Gasteiger charge is -2.23. The monoisotopic (exact) mass is 378 g/mol. The number of piperidine rings is 1. The Morgan fingerprint density at radius 3 is 3.13 bits per heavy atom. The Labute approximate surface area is 142 Å². The maximum Gasteiger partial charge on any atom is 0.261 e. The molecule has 1 aromatic carbocycles. The van der Waals surface area contributed by atoms with E-state index in [1.807, 2.05) is 6.07 Å². The third kappa shape index (κ3) is 3.97. The number of rotatable bonds is 4. The molecular weight excluding hydrogens is 360 g/mol. The number of benzene rings is 1. The van der Waals surface area contributed by atoms with Gasteiger partial charge in [-0.15, -0.1) is 0 Å². The molecule has 0 bridgehead atoms. The molecule has 0 unspecified atom stereocenters. The first-order chi connectivity index (χ1) is 11.1. The lowest BCUT2D eigenvalue weighted by Crippen LogP contribution is -2.45. The Morgan fingerprint density at radius 1 is 1.48 bits per heavy atom. The minimum atomic E-state index is -0.122. The van der Waals surface area contributed by atoms with Crippen molar-refractivity contribution in [1.82, 2.24) is 20.2 Å². The van der Waals surface area contributed by atoms with Crippen LogP contribution in [0.2, 0.25) is 0 Å². The maximum atomic E-state index is 12.4. The Bertz CT molecular complexity index is 768. The van der Waals surface area contributed by atoms with E-state index in [1.54, 1.807) is 12.1 Å². The molecule has 1 saturated heterocycles. The van der Waals surface area contributed by atoms with Crippen molar-refractivity contribution in [1.29, 1.82) is 0 Å². The second kappa shape index (κ2) is 7.23. The molecule has 0 radical (unpaired) electrons. The van der Waals surface area contributed by atoms with Gasteiger partial charge >= 0.3 is 0 Å². The highest BCUT2D eigenvalue weighted by Crippen LogP contribution is 2.14. The molecular formula is C16H19BrN4O2. The van der Waals surface area contributed by atoms with Crippen molar-refractivity contribution in [3.8, 4) is 0 Å². The number of aromatic nitrogens is 2. The predicted octanol–water partition coefficient (Wildman–Crippen LogP) is 1.42. The molecule has 1 atom stereocenters. The quantitative estimate of drug-likeness (QED) is 0.843. The van der Waals surface area contributed by atoms with Crippen LogP contribution in [0.5, 0.6) is 0 Å². The van der Waals surface area contributed by atoms with Gasteiger partial charge in [0.2, 0.25) is 5.91 Å². The lowest BCUT2D eigenvalue weighted by molar-refractivity contribution is -0.122. The molecule has 2 heterocycles. The molecule has 2 N–H and O–H groups in total. The fraction of sp³-hybridized carbons (Fsp3) is 0.438. The minimum Gasteiger partial charge on any atom is -0.352 e. The first-order valence-corrected chi connectivity index (χ1v) is 8.57. The van der Waals surface area contributed by atoms with Crippen molar-refractivity contribution in [3.05, 3.63) is 39.4 Å². The zero-order valence-corrected chi connectivity index (χ0v) is 14.3. The number of aryl methyl sites for hydroxylation is 1. The summed E-state index contributed by atoms with van der Waals surface area (Å²) < 4.78 is 2.33. The van der Waals surface area contributed by atoms with Crippen LogP contribution in [-0.2, 0) is 11.3 Å². The number of carbonyl (C=O) groups is 1. The number of fused-ring (bicyclic) bond motifs is 1. The van der Waals surface area contributed by atoms with Crippen LogP contribution in [0, 0.1) is 0 Å². The van der Waals surface area contributed by atoms with Gasteiger partial charge in [0.1, 0.15) is 0 Å². The number of hydrogen-bond donors (Lipinski definition) is 2. The highest BCUT2D eigenvalue weighted by Gasteiger charge is 2.15. The number of nitrogens with zero attached hydrogens (tertiary/aromatic N) is 2. The van der Waals surface area contributed by atoms with Gasteiger partial charge in [-0.05, 0) is 37.6 Å². The van der Waals surface area contributed by atoms with Crippen LogP contribution >= 0.6 is 15.9 Å². The molecule has 0 spiro atoms. The maximum absolute atomic E-state index is 12.4. The Kier molecular flexibility index (Phi) is 5.07. The second-order valence-corrected chi connectivity index (χ2v) is 6.68. The van der Waals surface area contributed by atoms with Crippen molar-refractivity contribution in [2.45, 2.75) is 31.8 Å². The highest BCUT2D eigenvalue weighted by atomic mass is 79.9. The number of nitrogens with one attached hydrogen (secondary N) is 2. The van der Waals surface area contributed by atoms with E-state index in [-0.39, 0.29) is 23.9 Å². The topological polar surface area (TPSA) is 76.0 Å². The molecule has 1 fully saturated rings. The first-order valence-electron chi connectivity index (χ1n) is 7.78. The van der Waals surface area contributed by atoms with E-state index in [0.717, 1.165) is 30.4 Å². The summed E-state index contributed by atoms with van der Waals surface area (Å²) in [4.78, 5) is 28.8. The molecule has 7 heteroatoms. The number of carbonyl (C=O) groups excluding carboxylic acids is 1. The van der Waals surface area contributed by atoms with Gasteiger partial charge in [0.25, 0.3) is 5.56 Å². The first kappa shape index (κ1) is 16.1. The molecule has 1 amide bonds. The highest BCUT2D eigenvalue weighted by molar-refractivity contribution is 9.10. The van der Waals surface area contributed by atoms with Gasteiger partial charge in [-0.2, -0.15) is 0 Å². The molecule has 1 aromatic heterocycles. The lowest BCUT2D eigenvalue weighted by atomic mass is 10.1. The van der Waals surface area contributed by atoms with Gasteiger partial charge in [-0.25, -0.2) is 4.98 Å². The zero-order valence-electron chi connectivity index (χ0n) is 12.7. The Balaban J connectivity index is 1.65. The standard InChI is InChI=1S/C16H19BrN4O2/c17-11-3-4-14-13(8-11)16(23)21(10-19-14)7-5-15(22)20-12-2-1-6-18-9-12/h3-4,8,10,12,18H,1-2,5-7,9H2,(H,20,22)/t12-/m0/s1. The molecule has 2 aromatic rings. The minimum absolute atomic E-state index is 0.0278. The van der Waals surface area contributed by atoms with E-state index in [9.17, 15) is 9.59 Å². The SMILES string of the molecule is O=C(CCn1cnc2ccc(Br)cc2c1=O)N[C@H]1CCCNC1. The van der Waals surface area contributed by atoms with Gasteiger partial charge in [0.15, 0.2) is 0 Å². The summed E-state index contributed by atoms with van der Waals surface area (Å²) in [5, 5.41) is 6.83. The Morgan fingerprint density at radius 2 is 2.35 bits per heavy atom. The fourth-order valence-electron chi connectivity index (χ4n) is 2.79. The predicted molar refractivity (Wildman–Crippen MR) is 92.4 cm³/mol. The molecule has 1 aliphatic rings. The summed E-state index contributed by atoms with van der Waals surface area (Å²) in [5.74, 6) is -0.0278. The number of halogens is 1. The van der Waals surface area contributed by atoms with Gasteiger partial charge in [0.05, 0.1) is 17.2 Å². The molecule has 6 nitrogen and oxygen atoms in total. The van der Waals surface area contributed by atoms with E-state index in [4.69, 9.17) is 0 Å². The normalized spacial score (nSPS) is 18.0. The average Bonchev–Trinajstić information content (AvgIpc) is 2.56. The van der Waals surface area contributed by atoms with E-state index in [2.05, 4.69) is 31.5 Å². The smallest absolute Gasteiger partial charge is 0.261 e. The average molecular weight is 379 g/mol. The summed E-state index contributed by atoms with van der Waals surface area (Å²) in [5.41, 5.74) is 0.538. The Hall–Kier alpha value is -1.73. The summed E-state index contributed by atoms with van der Waals surface area (Å²) in [7, 11) is 0. The summed E-state index contributed by atoms with van der Waals surface area (Å²) in [6.45, 7) is 2.16. The van der Waals surface area contributed by atoms with Crippen LogP contribution in [0.3, 0.4) is 0 Å². The molecule has 0 saturated carbocycles. The van der Waals surface area contributed by atoms with E-state index >= 15 is 0 Å². The van der Waals surface area contributed by atoms with Gasteiger partial charge < -0.3 is 10.6 Å².